The molecule has 0 saturated carbocycles. The number of carbonyl (C=O) groups excluding carboxylic acids is 1. The highest BCUT2D eigenvalue weighted by Gasteiger charge is 2.19. The highest BCUT2D eigenvalue weighted by Crippen LogP contribution is 2.19. The maximum atomic E-state index is 11.6. The molecule has 0 bridgehead atoms. The number of benzene rings is 1. The standard InChI is InChI=1S/C14H12N4O2/c1-20-14(19)12-16-13(11-8-5-9-15-11)18(17-12)10-6-3-2-4-7-10/h2-9,15H,1H3. The van der Waals surface area contributed by atoms with Crippen molar-refractivity contribution < 1.29 is 9.53 Å². The van der Waals surface area contributed by atoms with E-state index in [9.17, 15) is 4.79 Å². The van der Waals surface area contributed by atoms with Crippen molar-refractivity contribution in [2.45, 2.75) is 0 Å². The lowest BCUT2D eigenvalue weighted by Gasteiger charge is -2.03. The van der Waals surface area contributed by atoms with E-state index in [4.69, 9.17) is 0 Å². The highest BCUT2D eigenvalue weighted by atomic mass is 16.5. The summed E-state index contributed by atoms with van der Waals surface area (Å²) in [6.45, 7) is 0. The van der Waals surface area contributed by atoms with Crippen LogP contribution in [0.25, 0.3) is 17.2 Å². The molecule has 0 amide bonds. The number of H-pyrrole nitrogens is 1. The van der Waals surface area contributed by atoms with Crippen molar-refractivity contribution in [3.63, 3.8) is 0 Å². The van der Waals surface area contributed by atoms with Gasteiger partial charge in [0, 0.05) is 6.20 Å². The Labute approximate surface area is 115 Å². The first-order valence-corrected chi connectivity index (χ1v) is 6.04. The molecule has 2 heterocycles. The van der Waals surface area contributed by atoms with Crippen LogP contribution in [-0.4, -0.2) is 32.8 Å². The van der Waals surface area contributed by atoms with E-state index in [1.54, 1.807) is 10.9 Å². The zero-order valence-corrected chi connectivity index (χ0v) is 10.8. The van der Waals surface area contributed by atoms with E-state index in [1.807, 2.05) is 42.5 Å². The van der Waals surface area contributed by atoms with E-state index in [2.05, 4.69) is 19.8 Å². The van der Waals surface area contributed by atoms with Crippen LogP contribution in [-0.2, 0) is 4.74 Å². The molecule has 1 aromatic carbocycles. The van der Waals surface area contributed by atoms with Crippen molar-refractivity contribution in [1.29, 1.82) is 0 Å². The van der Waals surface area contributed by atoms with Gasteiger partial charge in [-0.3, -0.25) is 0 Å². The van der Waals surface area contributed by atoms with E-state index in [0.29, 0.717) is 5.82 Å². The Hall–Kier alpha value is -2.89. The molecule has 6 heteroatoms. The first-order chi connectivity index (χ1) is 9.79. The molecule has 2 aromatic heterocycles. The summed E-state index contributed by atoms with van der Waals surface area (Å²) >= 11 is 0. The van der Waals surface area contributed by atoms with E-state index in [1.165, 1.54) is 7.11 Å². The van der Waals surface area contributed by atoms with Gasteiger partial charge in [-0.2, -0.15) is 4.98 Å². The molecule has 1 N–H and O–H groups in total. The van der Waals surface area contributed by atoms with Crippen molar-refractivity contribution >= 4 is 5.97 Å². The number of hydrogen-bond acceptors (Lipinski definition) is 4. The number of nitrogens with zero attached hydrogens (tertiary/aromatic N) is 3. The Bertz CT molecular complexity index is 717. The third-order valence-electron chi connectivity index (χ3n) is 2.81. The monoisotopic (exact) mass is 268 g/mol. The molecule has 0 spiro atoms. The topological polar surface area (TPSA) is 72.8 Å². The fourth-order valence-electron chi connectivity index (χ4n) is 1.88. The molecule has 0 atom stereocenters. The molecular formula is C14H12N4O2. The second-order valence-corrected chi connectivity index (χ2v) is 4.08. The summed E-state index contributed by atoms with van der Waals surface area (Å²) in [6, 6.07) is 13.2. The Morgan fingerprint density at radius 3 is 2.65 bits per heavy atom. The third kappa shape index (κ3) is 2.07. The largest absolute Gasteiger partial charge is 0.463 e. The fraction of sp³-hybridized carbons (Fsp3) is 0.0714. The number of carbonyl (C=O) groups is 1. The number of ether oxygens (including phenoxy) is 1. The van der Waals surface area contributed by atoms with Gasteiger partial charge in [0.1, 0.15) is 0 Å². The average Bonchev–Trinajstić information content (AvgIpc) is 3.16. The Balaban J connectivity index is 2.17. The summed E-state index contributed by atoms with van der Waals surface area (Å²) in [5, 5.41) is 4.22. The molecule has 0 fully saturated rings. The molecule has 3 rings (SSSR count). The number of hydrogen-bond donors (Lipinski definition) is 1. The average molecular weight is 268 g/mol. The summed E-state index contributed by atoms with van der Waals surface area (Å²) in [6.07, 6.45) is 1.79. The van der Waals surface area contributed by atoms with Gasteiger partial charge in [0.05, 0.1) is 18.5 Å². The molecule has 0 saturated heterocycles. The van der Waals surface area contributed by atoms with Gasteiger partial charge in [-0.25, -0.2) is 9.48 Å². The first-order valence-electron chi connectivity index (χ1n) is 6.04. The van der Waals surface area contributed by atoms with Gasteiger partial charge in [-0.15, -0.1) is 5.10 Å². The minimum absolute atomic E-state index is 0.0287. The van der Waals surface area contributed by atoms with E-state index in [0.717, 1.165) is 11.4 Å². The quantitative estimate of drug-likeness (QED) is 0.738. The molecular weight excluding hydrogens is 256 g/mol. The second kappa shape index (κ2) is 5.00. The Kier molecular flexibility index (Phi) is 3.04. The summed E-state index contributed by atoms with van der Waals surface area (Å²) in [4.78, 5) is 18.9. The predicted octanol–water partition coefficient (Wildman–Crippen LogP) is 2.05. The van der Waals surface area contributed by atoms with Gasteiger partial charge in [0.2, 0.25) is 0 Å². The number of rotatable bonds is 3. The number of esters is 1. The van der Waals surface area contributed by atoms with Crippen LogP contribution in [0.5, 0.6) is 0 Å². The van der Waals surface area contributed by atoms with Crippen molar-refractivity contribution in [2.75, 3.05) is 7.11 Å². The van der Waals surface area contributed by atoms with Crippen LogP contribution in [0.1, 0.15) is 10.6 Å². The number of para-hydroxylation sites is 1. The van der Waals surface area contributed by atoms with Gasteiger partial charge < -0.3 is 9.72 Å². The lowest BCUT2D eigenvalue weighted by molar-refractivity contribution is 0.0587. The fourth-order valence-corrected chi connectivity index (χ4v) is 1.88. The van der Waals surface area contributed by atoms with Crippen molar-refractivity contribution in [3.05, 3.63) is 54.5 Å². The van der Waals surface area contributed by atoms with E-state index < -0.39 is 5.97 Å². The smallest absolute Gasteiger partial charge is 0.377 e. The number of aromatic nitrogens is 4. The van der Waals surface area contributed by atoms with Crippen molar-refractivity contribution in [2.24, 2.45) is 0 Å². The number of nitrogens with one attached hydrogen (secondary N) is 1. The Morgan fingerprint density at radius 1 is 1.20 bits per heavy atom. The molecule has 0 aliphatic heterocycles. The van der Waals surface area contributed by atoms with Gasteiger partial charge >= 0.3 is 5.97 Å². The highest BCUT2D eigenvalue weighted by molar-refractivity contribution is 5.85. The van der Waals surface area contributed by atoms with Crippen LogP contribution in [0.4, 0.5) is 0 Å². The van der Waals surface area contributed by atoms with Crippen molar-refractivity contribution in [1.82, 2.24) is 19.7 Å². The first kappa shape index (κ1) is 12.2. The minimum Gasteiger partial charge on any atom is -0.463 e. The summed E-state index contributed by atoms with van der Waals surface area (Å²) < 4.78 is 6.28. The van der Waals surface area contributed by atoms with Crippen LogP contribution in [0.15, 0.2) is 48.7 Å². The maximum absolute atomic E-state index is 11.6. The summed E-state index contributed by atoms with van der Waals surface area (Å²) in [5.41, 5.74) is 1.59. The molecule has 0 aliphatic rings. The molecule has 3 aromatic rings. The summed E-state index contributed by atoms with van der Waals surface area (Å²) in [5.74, 6) is 0.0232. The van der Waals surface area contributed by atoms with Crippen LogP contribution in [0.2, 0.25) is 0 Å². The molecule has 0 aliphatic carbocycles. The van der Waals surface area contributed by atoms with Crippen LogP contribution in [0.3, 0.4) is 0 Å². The van der Waals surface area contributed by atoms with E-state index >= 15 is 0 Å². The van der Waals surface area contributed by atoms with E-state index in [-0.39, 0.29) is 5.82 Å². The molecule has 6 nitrogen and oxygen atoms in total. The molecule has 0 radical (unpaired) electrons. The van der Waals surface area contributed by atoms with Gasteiger partial charge in [0.25, 0.3) is 5.82 Å². The Morgan fingerprint density at radius 2 is 2.00 bits per heavy atom. The lowest BCUT2D eigenvalue weighted by Crippen LogP contribution is -2.05. The van der Waals surface area contributed by atoms with Gasteiger partial charge in [0.15, 0.2) is 5.82 Å². The third-order valence-corrected chi connectivity index (χ3v) is 2.81. The van der Waals surface area contributed by atoms with Crippen LogP contribution >= 0.6 is 0 Å². The zero-order chi connectivity index (χ0) is 13.9. The molecule has 100 valence electrons. The van der Waals surface area contributed by atoms with Crippen LogP contribution < -0.4 is 0 Å². The maximum Gasteiger partial charge on any atom is 0.377 e. The number of methoxy groups -OCH3 is 1. The van der Waals surface area contributed by atoms with Crippen molar-refractivity contribution in [3.8, 4) is 17.2 Å². The number of aromatic amines is 1. The lowest BCUT2D eigenvalue weighted by atomic mass is 10.3. The SMILES string of the molecule is COC(=O)c1nc(-c2ccc[nH]2)n(-c2ccccc2)n1. The molecule has 20 heavy (non-hydrogen) atoms. The van der Waals surface area contributed by atoms with Crippen LogP contribution in [0, 0.1) is 0 Å². The normalized spacial score (nSPS) is 10.4. The minimum atomic E-state index is -0.563. The van der Waals surface area contributed by atoms with Gasteiger partial charge in [-0.1, -0.05) is 18.2 Å². The molecule has 0 unspecified atom stereocenters. The van der Waals surface area contributed by atoms with Gasteiger partial charge in [-0.05, 0) is 24.3 Å². The second-order valence-electron chi connectivity index (χ2n) is 4.08. The zero-order valence-electron chi connectivity index (χ0n) is 10.8. The predicted molar refractivity (Wildman–Crippen MR) is 72.5 cm³/mol. The summed E-state index contributed by atoms with van der Waals surface area (Å²) in [7, 11) is 1.31.